The average Bonchev–Trinajstić information content (AvgIpc) is 2.39. The fraction of sp³-hybridized carbons (Fsp3) is 0.0833. The van der Waals surface area contributed by atoms with Crippen molar-refractivity contribution in [1.29, 1.82) is 0 Å². The first-order valence-electron chi connectivity index (χ1n) is 5.27. The van der Waals surface area contributed by atoms with Gasteiger partial charge in [-0.3, -0.25) is 9.29 Å². The Balaban J connectivity index is 2.45. The number of hydrogen-bond acceptors (Lipinski definition) is 3. The van der Waals surface area contributed by atoms with E-state index in [1.54, 1.807) is 0 Å². The van der Waals surface area contributed by atoms with E-state index in [0.29, 0.717) is 5.69 Å². The van der Waals surface area contributed by atoms with E-state index in [1.165, 1.54) is 49.8 Å². The van der Waals surface area contributed by atoms with Crippen molar-refractivity contribution in [1.82, 2.24) is 4.98 Å². The number of anilines is 1. The van der Waals surface area contributed by atoms with E-state index in [-0.39, 0.29) is 9.92 Å². The molecule has 1 aromatic heterocycles. The first-order valence-corrected chi connectivity index (χ1v) is 7.09. The molecule has 0 fully saturated rings. The van der Waals surface area contributed by atoms with Crippen molar-refractivity contribution in [2.75, 3.05) is 11.4 Å². The molecule has 4 nitrogen and oxygen atoms in total. The Morgan fingerprint density at radius 2 is 1.84 bits per heavy atom. The molecule has 0 radical (unpaired) electrons. The molecule has 2 aromatic rings. The van der Waals surface area contributed by atoms with Crippen molar-refractivity contribution in [3.05, 3.63) is 53.6 Å². The van der Waals surface area contributed by atoms with Gasteiger partial charge in [-0.2, -0.15) is 0 Å². The molecular formula is C12H10ClFN2O2S. The number of halogens is 2. The van der Waals surface area contributed by atoms with Crippen LogP contribution in [0.15, 0.2) is 47.6 Å². The predicted octanol–water partition coefficient (Wildman–Crippen LogP) is 2.70. The Hall–Kier alpha value is -1.66. The van der Waals surface area contributed by atoms with Gasteiger partial charge in [-0.05, 0) is 30.3 Å². The van der Waals surface area contributed by atoms with Crippen LogP contribution in [0.1, 0.15) is 0 Å². The Kier molecular flexibility index (Phi) is 3.73. The normalized spacial score (nSPS) is 11.3. The highest BCUT2D eigenvalue weighted by atomic mass is 35.5. The molecule has 0 atom stereocenters. The highest BCUT2D eigenvalue weighted by Crippen LogP contribution is 2.26. The molecule has 0 amide bonds. The Bertz CT molecular complexity index is 689. The smallest absolute Gasteiger partial charge is 0.267 e. The molecule has 0 aliphatic heterocycles. The maximum atomic E-state index is 12.8. The summed E-state index contributed by atoms with van der Waals surface area (Å²) in [5.41, 5.74) is 0.335. The van der Waals surface area contributed by atoms with Crippen molar-refractivity contribution in [3.63, 3.8) is 0 Å². The van der Waals surface area contributed by atoms with E-state index in [4.69, 9.17) is 11.6 Å². The molecule has 100 valence electrons. The summed E-state index contributed by atoms with van der Waals surface area (Å²) in [4.78, 5) is 3.66. The number of nitrogens with zero attached hydrogens (tertiary/aromatic N) is 2. The Morgan fingerprint density at radius 3 is 2.42 bits per heavy atom. The van der Waals surface area contributed by atoms with Gasteiger partial charge < -0.3 is 0 Å². The van der Waals surface area contributed by atoms with Crippen LogP contribution in [-0.2, 0) is 10.0 Å². The van der Waals surface area contributed by atoms with E-state index in [9.17, 15) is 12.8 Å². The molecule has 7 heteroatoms. The van der Waals surface area contributed by atoms with Gasteiger partial charge >= 0.3 is 0 Å². The van der Waals surface area contributed by atoms with E-state index in [1.807, 2.05) is 0 Å². The van der Waals surface area contributed by atoms with Gasteiger partial charge in [-0.25, -0.2) is 12.8 Å². The van der Waals surface area contributed by atoms with Crippen LogP contribution in [0.2, 0.25) is 5.02 Å². The summed E-state index contributed by atoms with van der Waals surface area (Å²) < 4.78 is 38.5. The molecule has 0 aliphatic rings. The molecule has 2 rings (SSSR count). The summed E-state index contributed by atoms with van der Waals surface area (Å²) in [6, 6.07) is 6.51. The predicted molar refractivity (Wildman–Crippen MR) is 71.2 cm³/mol. The summed E-state index contributed by atoms with van der Waals surface area (Å²) in [7, 11) is -2.45. The van der Waals surface area contributed by atoms with E-state index in [0.717, 1.165) is 4.31 Å². The van der Waals surface area contributed by atoms with Gasteiger partial charge in [0.2, 0.25) is 0 Å². The van der Waals surface area contributed by atoms with Crippen molar-refractivity contribution in [2.24, 2.45) is 0 Å². The van der Waals surface area contributed by atoms with E-state index < -0.39 is 15.8 Å². The van der Waals surface area contributed by atoms with Crippen LogP contribution in [0.25, 0.3) is 0 Å². The third-order valence-electron chi connectivity index (χ3n) is 2.56. The Labute approximate surface area is 115 Å². The third kappa shape index (κ3) is 2.69. The van der Waals surface area contributed by atoms with Gasteiger partial charge in [0.25, 0.3) is 10.0 Å². The molecule has 0 spiro atoms. The molecule has 19 heavy (non-hydrogen) atoms. The van der Waals surface area contributed by atoms with Crippen molar-refractivity contribution < 1.29 is 12.8 Å². The molecule has 1 heterocycles. The minimum Gasteiger partial charge on any atom is -0.269 e. The minimum atomic E-state index is -3.82. The fourth-order valence-electron chi connectivity index (χ4n) is 1.49. The topological polar surface area (TPSA) is 50.3 Å². The summed E-state index contributed by atoms with van der Waals surface area (Å²) in [6.45, 7) is 0. The summed E-state index contributed by atoms with van der Waals surface area (Å²) in [6.07, 6.45) is 2.58. The molecule has 0 aliphatic carbocycles. The van der Waals surface area contributed by atoms with Crippen LogP contribution in [0.4, 0.5) is 10.1 Å². The van der Waals surface area contributed by atoms with Crippen LogP contribution >= 0.6 is 11.6 Å². The zero-order valence-electron chi connectivity index (χ0n) is 9.92. The average molecular weight is 301 g/mol. The van der Waals surface area contributed by atoms with Gasteiger partial charge in [0.1, 0.15) is 10.7 Å². The first-order chi connectivity index (χ1) is 8.93. The van der Waals surface area contributed by atoms with Crippen LogP contribution in [0, 0.1) is 5.82 Å². The molecule has 0 bridgehead atoms. The molecule has 1 aromatic carbocycles. The summed E-state index contributed by atoms with van der Waals surface area (Å²) >= 11 is 5.86. The maximum absolute atomic E-state index is 12.8. The standard InChI is InChI=1S/C12H10ClFN2O2S/c1-16(10-4-2-9(14)3-5-10)19(17,18)12-8-15-7-6-11(12)13/h2-8H,1H3. The second kappa shape index (κ2) is 5.14. The van der Waals surface area contributed by atoms with Gasteiger partial charge in [0.05, 0.1) is 10.7 Å². The Morgan fingerprint density at radius 1 is 1.21 bits per heavy atom. The SMILES string of the molecule is CN(c1ccc(F)cc1)S(=O)(=O)c1cnccc1Cl. The molecule has 0 N–H and O–H groups in total. The number of rotatable bonds is 3. The lowest BCUT2D eigenvalue weighted by Crippen LogP contribution is -2.26. The zero-order chi connectivity index (χ0) is 14.0. The monoisotopic (exact) mass is 300 g/mol. The second-order valence-electron chi connectivity index (χ2n) is 3.76. The van der Waals surface area contributed by atoms with Crippen LogP contribution in [0.5, 0.6) is 0 Å². The largest absolute Gasteiger partial charge is 0.269 e. The fourth-order valence-corrected chi connectivity index (χ4v) is 3.09. The molecule has 0 unspecified atom stereocenters. The van der Waals surface area contributed by atoms with Crippen LogP contribution in [-0.4, -0.2) is 20.4 Å². The van der Waals surface area contributed by atoms with Crippen molar-refractivity contribution in [2.45, 2.75) is 4.90 Å². The van der Waals surface area contributed by atoms with E-state index in [2.05, 4.69) is 4.98 Å². The third-order valence-corrected chi connectivity index (χ3v) is 4.82. The molecule has 0 saturated carbocycles. The zero-order valence-corrected chi connectivity index (χ0v) is 11.5. The first kappa shape index (κ1) is 13.8. The van der Waals surface area contributed by atoms with Crippen molar-refractivity contribution in [3.8, 4) is 0 Å². The van der Waals surface area contributed by atoms with Crippen molar-refractivity contribution >= 4 is 27.3 Å². The minimum absolute atomic E-state index is 0.0870. The lowest BCUT2D eigenvalue weighted by molar-refractivity contribution is 0.593. The highest BCUT2D eigenvalue weighted by Gasteiger charge is 2.24. The number of hydrogen-bond donors (Lipinski definition) is 0. The summed E-state index contributed by atoms with van der Waals surface area (Å²) in [5.74, 6) is -0.436. The van der Waals surface area contributed by atoms with Gasteiger partial charge in [-0.1, -0.05) is 11.6 Å². The quantitative estimate of drug-likeness (QED) is 0.875. The van der Waals surface area contributed by atoms with Crippen LogP contribution in [0.3, 0.4) is 0 Å². The maximum Gasteiger partial charge on any atom is 0.267 e. The number of benzene rings is 1. The highest BCUT2D eigenvalue weighted by molar-refractivity contribution is 7.93. The number of sulfonamides is 1. The summed E-state index contributed by atoms with van der Waals surface area (Å²) in [5, 5.41) is 0.0870. The van der Waals surface area contributed by atoms with Gasteiger partial charge in [0.15, 0.2) is 0 Å². The lowest BCUT2D eigenvalue weighted by Gasteiger charge is -2.19. The second-order valence-corrected chi connectivity index (χ2v) is 6.10. The lowest BCUT2D eigenvalue weighted by atomic mass is 10.3. The number of aromatic nitrogens is 1. The molecule has 0 saturated heterocycles. The number of pyridine rings is 1. The van der Waals surface area contributed by atoms with Gasteiger partial charge in [-0.15, -0.1) is 0 Å². The molecular weight excluding hydrogens is 291 g/mol. The van der Waals surface area contributed by atoms with Crippen LogP contribution < -0.4 is 4.31 Å². The van der Waals surface area contributed by atoms with E-state index >= 15 is 0 Å². The van der Waals surface area contributed by atoms with Gasteiger partial charge in [0, 0.05) is 19.4 Å².